The smallest absolute Gasteiger partial charge is 0.217 e. The molecule has 0 aliphatic carbocycles. The number of carbonyl (C=O) groups excluding carboxylic acids is 1. The first-order valence-corrected chi connectivity index (χ1v) is 5.72. The molecule has 2 rings (SSSR count). The minimum atomic E-state index is 0.0228. The van der Waals surface area contributed by atoms with Gasteiger partial charge in [-0.3, -0.25) is 4.79 Å². The number of fused-ring (bicyclic) bond motifs is 1. The van der Waals surface area contributed by atoms with Gasteiger partial charge in [-0.05, 0) is 23.1 Å². The van der Waals surface area contributed by atoms with E-state index in [0.717, 1.165) is 12.2 Å². The number of anilines is 1. The van der Waals surface area contributed by atoms with Gasteiger partial charge in [0.1, 0.15) is 0 Å². The van der Waals surface area contributed by atoms with Crippen LogP contribution in [0.25, 0.3) is 0 Å². The summed E-state index contributed by atoms with van der Waals surface area (Å²) in [5.74, 6) is 0.540. The summed E-state index contributed by atoms with van der Waals surface area (Å²) in [5, 5.41) is 6.27. The molecule has 3 heteroatoms. The van der Waals surface area contributed by atoms with E-state index in [2.05, 4.69) is 42.7 Å². The number of carbonyl (C=O) groups is 1. The van der Waals surface area contributed by atoms with Crippen molar-refractivity contribution in [3.8, 4) is 0 Å². The number of rotatable bonds is 2. The zero-order valence-electron chi connectivity index (χ0n) is 10.0. The maximum absolute atomic E-state index is 11.1. The average Bonchev–Trinajstić information content (AvgIpc) is 2.60. The van der Waals surface area contributed by atoms with Crippen LogP contribution < -0.4 is 10.6 Å². The number of nitrogens with one attached hydrogen (secondary N) is 2. The maximum Gasteiger partial charge on any atom is 0.217 e. The summed E-state index contributed by atoms with van der Waals surface area (Å²) in [6.07, 6.45) is 0. The number of amides is 1. The van der Waals surface area contributed by atoms with E-state index in [9.17, 15) is 4.79 Å². The van der Waals surface area contributed by atoms with E-state index in [0.29, 0.717) is 5.92 Å². The summed E-state index contributed by atoms with van der Waals surface area (Å²) in [6, 6.07) is 6.56. The Balaban J connectivity index is 2.29. The minimum Gasteiger partial charge on any atom is -0.382 e. The van der Waals surface area contributed by atoms with Crippen LogP contribution in [0.4, 0.5) is 5.69 Å². The van der Waals surface area contributed by atoms with E-state index >= 15 is 0 Å². The molecule has 0 bridgehead atoms. The van der Waals surface area contributed by atoms with Gasteiger partial charge in [0.15, 0.2) is 0 Å². The van der Waals surface area contributed by atoms with E-state index in [-0.39, 0.29) is 11.9 Å². The molecule has 1 amide bonds. The maximum atomic E-state index is 11.1. The molecule has 3 nitrogen and oxygen atoms in total. The average molecular weight is 218 g/mol. The number of hydrogen-bond donors (Lipinski definition) is 2. The van der Waals surface area contributed by atoms with Crippen LogP contribution in [0.1, 0.15) is 43.9 Å². The van der Waals surface area contributed by atoms with Gasteiger partial charge in [-0.1, -0.05) is 26.0 Å². The van der Waals surface area contributed by atoms with Gasteiger partial charge in [0.2, 0.25) is 5.91 Å². The lowest BCUT2D eigenvalue weighted by molar-refractivity contribution is -0.119. The molecule has 0 radical (unpaired) electrons. The highest BCUT2D eigenvalue weighted by Crippen LogP contribution is 2.32. The minimum absolute atomic E-state index is 0.0228. The van der Waals surface area contributed by atoms with Crippen LogP contribution in [0.2, 0.25) is 0 Å². The lowest BCUT2D eigenvalue weighted by atomic mass is 9.98. The van der Waals surface area contributed by atoms with Gasteiger partial charge in [0.05, 0.1) is 6.04 Å². The Morgan fingerprint density at radius 3 is 2.88 bits per heavy atom. The predicted molar refractivity (Wildman–Crippen MR) is 65.6 cm³/mol. The standard InChI is InChI=1S/C13H18N2O/c1-8(2)10-4-5-12-11(6-10)13(7-14-12)15-9(3)16/h4-6,8,13-14H,7H2,1-3H3,(H,15,16). The Morgan fingerprint density at radius 2 is 2.25 bits per heavy atom. The highest BCUT2D eigenvalue weighted by molar-refractivity contribution is 5.74. The van der Waals surface area contributed by atoms with Crippen molar-refractivity contribution in [1.82, 2.24) is 5.32 Å². The summed E-state index contributed by atoms with van der Waals surface area (Å²) < 4.78 is 0. The highest BCUT2D eigenvalue weighted by atomic mass is 16.1. The fraction of sp³-hybridized carbons (Fsp3) is 0.462. The largest absolute Gasteiger partial charge is 0.382 e. The van der Waals surface area contributed by atoms with Crippen LogP contribution in [-0.2, 0) is 4.79 Å². The molecule has 86 valence electrons. The van der Waals surface area contributed by atoms with Crippen molar-refractivity contribution in [2.24, 2.45) is 0 Å². The summed E-state index contributed by atoms with van der Waals surface area (Å²) >= 11 is 0. The van der Waals surface area contributed by atoms with Crippen molar-refractivity contribution in [3.05, 3.63) is 29.3 Å². The zero-order valence-corrected chi connectivity index (χ0v) is 10.0. The first kappa shape index (κ1) is 11.0. The van der Waals surface area contributed by atoms with Crippen molar-refractivity contribution < 1.29 is 4.79 Å². The fourth-order valence-electron chi connectivity index (χ4n) is 2.09. The number of benzene rings is 1. The highest BCUT2D eigenvalue weighted by Gasteiger charge is 2.23. The zero-order chi connectivity index (χ0) is 11.7. The fourth-order valence-corrected chi connectivity index (χ4v) is 2.09. The molecule has 0 fully saturated rings. The summed E-state index contributed by atoms with van der Waals surface area (Å²) in [6.45, 7) is 6.70. The second-order valence-electron chi connectivity index (χ2n) is 4.64. The quantitative estimate of drug-likeness (QED) is 0.800. The van der Waals surface area contributed by atoms with Gasteiger partial charge < -0.3 is 10.6 Å². The monoisotopic (exact) mass is 218 g/mol. The molecule has 0 aromatic heterocycles. The summed E-state index contributed by atoms with van der Waals surface area (Å²) in [4.78, 5) is 11.1. The van der Waals surface area contributed by atoms with Crippen LogP contribution in [0.5, 0.6) is 0 Å². The van der Waals surface area contributed by atoms with Gasteiger partial charge in [-0.15, -0.1) is 0 Å². The summed E-state index contributed by atoms with van der Waals surface area (Å²) in [5.41, 5.74) is 3.67. The second-order valence-corrected chi connectivity index (χ2v) is 4.64. The molecule has 0 spiro atoms. The van der Waals surface area contributed by atoms with Crippen LogP contribution in [0.3, 0.4) is 0 Å². The molecule has 16 heavy (non-hydrogen) atoms. The lowest BCUT2D eigenvalue weighted by Crippen LogP contribution is -2.27. The van der Waals surface area contributed by atoms with Crippen molar-refractivity contribution in [3.63, 3.8) is 0 Å². The van der Waals surface area contributed by atoms with E-state index in [1.165, 1.54) is 11.1 Å². The Kier molecular flexibility index (Phi) is 2.86. The van der Waals surface area contributed by atoms with E-state index in [4.69, 9.17) is 0 Å². The summed E-state index contributed by atoms with van der Waals surface area (Å²) in [7, 11) is 0. The SMILES string of the molecule is CC(=O)NC1CNc2ccc(C(C)C)cc21. The normalized spacial score (nSPS) is 18.1. The number of hydrogen-bond acceptors (Lipinski definition) is 2. The third-order valence-electron chi connectivity index (χ3n) is 2.99. The second kappa shape index (κ2) is 4.16. The van der Waals surface area contributed by atoms with Crippen molar-refractivity contribution in [1.29, 1.82) is 0 Å². The third-order valence-corrected chi connectivity index (χ3v) is 2.99. The molecule has 1 heterocycles. The van der Waals surface area contributed by atoms with Crippen molar-refractivity contribution in [2.45, 2.75) is 32.7 Å². The topological polar surface area (TPSA) is 41.1 Å². The van der Waals surface area contributed by atoms with Crippen molar-refractivity contribution in [2.75, 3.05) is 11.9 Å². The third kappa shape index (κ3) is 2.03. The first-order chi connectivity index (χ1) is 7.58. The molecule has 1 atom stereocenters. The van der Waals surface area contributed by atoms with Crippen LogP contribution in [0, 0.1) is 0 Å². The van der Waals surface area contributed by atoms with E-state index < -0.39 is 0 Å². The van der Waals surface area contributed by atoms with Crippen LogP contribution >= 0.6 is 0 Å². The van der Waals surface area contributed by atoms with Gasteiger partial charge in [-0.25, -0.2) is 0 Å². The molecule has 0 saturated heterocycles. The van der Waals surface area contributed by atoms with Gasteiger partial charge in [0.25, 0.3) is 0 Å². The molecule has 0 saturated carbocycles. The van der Waals surface area contributed by atoms with Gasteiger partial charge in [0, 0.05) is 19.2 Å². The van der Waals surface area contributed by atoms with Crippen LogP contribution in [0.15, 0.2) is 18.2 Å². The molecule has 1 aromatic rings. The van der Waals surface area contributed by atoms with Crippen molar-refractivity contribution >= 4 is 11.6 Å². The Labute approximate surface area is 96.2 Å². The molecule has 2 N–H and O–H groups in total. The molecule has 1 aromatic carbocycles. The predicted octanol–water partition coefficient (Wildman–Crippen LogP) is 2.41. The van der Waals surface area contributed by atoms with Gasteiger partial charge >= 0.3 is 0 Å². The molecular weight excluding hydrogens is 200 g/mol. The Morgan fingerprint density at radius 1 is 1.50 bits per heavy atom. The lowest BCUT2D eigenvalue weighted by Gasteiger charge is -2.13. The van der Waals surface area contributed by atoms with Gasteiger partial charge in [-0.2, -0.15) is 0 Å². The molecular formula is C13H18N2O. The van der Waals surface area contributed by atoms with E-state index in [1.807, 2.05) is 0 Å². The first-order valence-electron chi connectivity index (χ1n) is 5.72. The molecule has 1 aliphatic heterocycles. The Bertz CT molecular complexity index is 412. The molecule has 1 aliphatic rings. The van der Waals surface area contributed by atoms with Crippen LogP contribution in [-0.4, -0.2) is 12.5 Å². The van der Waals surface area contributed by atoms with E-state index in [1.54, 1.807) is 6.92 Å². The Hall–Kier alpha value is -1.51. The molecule has 1 unspecified atom stereocenters.